The molecular weight excluding hydrogens is 212 g/mol. The molecule has 0 amide bonds. The molecule has 2 aromatic rings. The van der Waals surface area contributed by atoms with E-state index < -0.39 is 0 Å². The molecule has 0 bridgehead atoms. The Labute approximate surface area is 84.1 Å². The van der Waals surface area contributed by atoms with Crippen LogP contribution in [0.4, 0.5) is 4.39 Å². The average molecular weight is 216 g/mol. The second kappa shape index (κ2) is 3.13. The number of pyridine rings is 1. The van der Waals surface area contributed by atoms with Gasteiger partial charge in [0.25, 0.3) is 0 Å². The molecule has 0 aliphatic rings. The first-order chi connectivity index (χ1) is 6.16. The Kier molecular flexibility index (Phi) is 2.10. The van der Waals surface area contributed by atoms with Crippen molar-refractivity contribution < 1.29 is 4.39 Å². The molecule has 66 valence electrons. The molecule has 0 fully saturated rings. The highest BCUT2D eigenvalue weighted by Gasteiger charge is 2.03. The van der Waals surface area contributed by atoms with Crippen LogP contribution in [-0.2, 0) is 0 Å². The summed E-state index contributed by atoms with van der Waals surface area (Å²) in [7, 11) is 0. The minimum Gasteiger partial charge on any atom is -0.235 e. The van der Waals surface area contributed by atoms with Crippen LogP contribution in [0.3, 0.4) is 0 Å². The maximum Gasteiger partial charge on any atom is 0.129 e. The molecule has 4 heteroatoms. The van der Waals surface area contributed by atoms with Crippen LogP contribution in [0.1, 0.15) is 0 Å². The Balaban J connectivity index is 2.87. The van der Waals surface area contributed by atoms with Gasteiger partial charge in [-0.25, -0.2) is 9.37 Å². The molecule has 0 aliphatic heterocycles. The molecule has 1 heterocycles. The van der Waals surface area contributed by atoms with E-state index in [0.29, 0.717) is 16.1 Å². The maximum atomic E-state index is 12.9. The van der Waals surface area contributed by atoms with E-state index >= 15 is 0 Å². The number of nitrogens with zero attached hydrogens (tertiary/aromatic N) is 1. The molecular formula is C9H4Cl2FN. The molecule has 0 unspecified atom stereocenters. The van der Waals surface area contributed by atoms with E-state index in [0.717, 1.165) is 0 Å². The largest absolute Gasteiger partial charge is 0.235 e. The first kappa shape index (κ1) is 8.73. The van der Waals surface area contributed by atoms with Gasteiger partial charge in [-0.05, 0) is 24.3 Å². The Bertz CT molecular complexity index is 470. The van der Waals surface area contributed by atoms with Crippen molar-refractivity contribution in [2.75, 3.05) is 0 Å². The summed E-state index contributed by atoms with van der Waals surface area (Å²) < 4.78 is 12.9. The zero-order valence-corrected chi connectivity index (χ0v) is 7.90. The fourth-order valence-electron chi connectivity index (χ4n) is 1.13. The lowest BCUT2D eigenvalue weighted by molar-refractivity contribution is 0.629. The quantitative estimate of drug-likeness (QED) is 0.612. The summed E-state index contributed by atoms with van der Waals surface area (Å²) >= 11 is 11.4. The van der Waals surface area contributed by atoms with Gasteiger partial charge in [-0.2, -0.15) is 0 Å². The Morgan fingerprint density at radius 2 is 1.92 bits per heavy atom. The van der Waals surface area contributed by atoms with Crippen molar-refractivity contribution in [1.82, 2.24) is 4.98 Å². The van der Waals surface area contributed by atoms with E-state index in [1.807, 2.05) is 0 Å². The minimum absolute atomic E-state index is 0.275. The third kappa shape index (κ3) is 1.60. The highest BCUT2D eigenvalue weighted by molar-refractivity contribution is 6.35. The Hall–Kier alpha value is -0.860. The number of benzene rings is 1. The zero-order valence-electron chi connectivity index (χ0n) is 6.39. The van der Waals surface area contributed by atoms with Crippen molar-refractivity contribution >= 4 is 34.1 Å². The van der Waals surface area contributed by atoms with Crippen molar-refractivity contribution in [3.05, 3.63) is 40.3 Å². The first-order valence-electron chi connectivity index (χ1n) is 3.58. The van der Waals surface area contributed by atoms with Crippen molar-refractivity contribution in [2.24, 2.45) is 0 Å². The van der Waals surface area contributed by atoms with Gasteiger partial charge in [0.1, 0.15) is 11.0 Å². The van der Waals surface area contributed by atoms with Crippen LogP contribution >= 0.6 is 23.2 Å². The van der Waals surface area contributed by atoms with E-state index in [4.69, 9.17) is 23.2 Å². The van der Waals surface area contributed by atoms with Gasteiger partial charge in [0, 0.05) is 5.39 Å². The molecule has 1 aromatic carbocycles. The molecule has 0 atom stereocenters. The van der Waals surface area contributed by atoms with Gasteiger partial charge >= 0.3 is 0 Å². The SMILES string of the molecule is Fc1cc(Cl)c2nc(Cl)ccc2c1. The minimum atomic E-state index is -0.373. The van der Waals surface area contributed by atoms with Gasteiger partial charge in [-0.3, -0.25) is 0 Å². The summed E-state index contributed by atoms with van der Waals surface area (Å²) in [5.74, 6) is -0.373. The topological polar surface area (TPSA) is 12.9 Å². The highest BCUT2D eigenvalue weighted by atomic mass is 35.5. The summed E-state index contributed by atoms with van der Waals surface area (Å²) in [5.41, 5.74) is 0.524. The summed E-state index contributed by atoms with van der Waals surface area (Å²) in [5, 5.41) is 1.27. The van der Waals surface area contributed by atoms with Crippen molar-refractivity contribution in [2.45, 2.75) is 0 Å². The van der Waals surface area contributed by atoms with E-state index in [9.17, 15) is 4.39 Å². The number of halogens is 3. The fourth-order valence-corrected chi connectivity index (χ4v) is 1.54. The Morgan fingerprint density at radius 3 is 2.69 bits per heavy atom. The lowest BCUT2D eigenvalue weighted by Crippen LogP contribution is -1.83. The number of fused-ring (bicyclic) bond motifs is 1. The van der Waals surface area contributed by atoms with Crippen LogP contribution in [0.2, 0.25) is 10.2 Å². The Morgan fingerprint density at radius 1 is 1.15 bits per heavy atom. The number of hydrogen-bond donors (Lipinski definition) is 0. The fraction of sp³-hybridized carbons (Fsp3) is 0. The van der Waals surface area contributed by atoms with Gasteiger partial charge in [-0.1, -0.05) is 23.2 Å². The molecule has 13 heavy (non-hydrogen) atoms. The van der Waals surface area contributed by atoms with Gasteiger partial charge in [0.2, 0.25) is 0 Å². The predicted molar refractivity (Wildman–Crippen MR) is 51.7 cm³/mol. The standard InChI is InChI=1S/C9H4Cl2FN/c10-7-4-6(12)3-5-1-2-8(11)13-9(5)7/h1-4H. The summed E-state index contributed by atoms with van der Waals surface area (Å²) in [4.78, 5) is 3.98. The van der Waals surface area contributed by atoms with Crippen molar-refractivity contribution in [3.63, 3.8) is 0 Å². The highest BCUT2D eigenvalue weighted by Crippen LogP contribution is 2.24. The van der Waals surface area contributed by atoms with E-state index in [-0.39, 0.29) is 10.8 Å². The summed E-state index contributed by atoms with van der Waals surface area (Å²) in [6, 6.07) is 5.86. The van der Waals surface area contributed by atoms with E-state index in [2.05, 4.69) is 4.98 Å². The molecule has 0 saturated carbocycles. The van der Waals surface area contributed by atoms with Crippen molar-refractivity contribution in [1.29, 1.82) is 0 Å². The van der Waals surface area contributed by atoms with Crippen LogP contribution in [-0.4, -0.2) is 4.98 Å². The molecule has 1 nitrogen and oxygen atoms in total. The van der Waals surface area contributed by atoms with Crippen LogP contribution in [0.15, 0.2) is 24.3 Å². The molecule has 2 rings (SSSR count). The van der Waals surface area contributed by atoms with Crippen LogP contribution in [0.5, 0.6) is 0 Å². The number of rotatable bonds is 0. The molecule has 0 aliphatic carbocycles. The lowest BCUT2D eigenvalue weighted by atomic mass is 10.2. The lowest BCUT2D eigenvalue weighted by Gasteiger charge is -1.99. The normalized spacial score (nSPS) is 10.7. The summed E-state index contributed by atoms with van der Waals surface area (Å²) in [6.07, 6.45) is 0. The molecule has 0 spiro atoms. The van der Waals surface area contributed by atoms with Gasteiger partial charge in [0.05, 0.1) is 10.5 Å². The third-order valence-electron chi connectivity index (χ3n) is 1.68. The predicted octanol–water partition coefficient (Wildman–Crippen LogP) is 3.68. The molecule has 0 radical (unpaired) electrons. The van der Waals surface area contributed by atoms with Crippen LogP contribution < -0.4 is 0 Å². The number of hydrogen-bond acceptors (Lipinski definition) is 1. The monoisotopic (exact) mass is 215 g/mol. The van der Waals surface area contributed by atoms with Gasteiger partial charge in [-0.15, -0.1) is 0 Å². The van der Waals surface area contributed by atoms with Crippen molar-refractivity contribution in [3.8, 4) is 0 Å². The van der Waals surface area contributed by atoms with Gasteiger partial charge < -0.3 is 0 Å². The van der Waals surface area contributed by atoms with Crippen LogP contribution in [0, 0.1) is 5.82 Å². The summed E-state index contributed by atoms with van der Waals surface area (Å²) in [6.45, 7) is 0. The third-order valence-corrected chi connectivity index (χ3v) is 2.18. The second-order valence-corrected chi connectivity index (χ2v) is 3.39. The average Bonchev–Trinajstić information content (AvgIpc) is 2.06. The molecule has 0 N–H and O–H groups in total. The molecule has 0 saturated heterocycles. The second-order valence-electron chi connectivity index (χ2n) is 2.59. The number of aromatic nitrogens is 1. The maximum absolute atomic E-state index is 12.9. The van der Waals surface area contributed by atoms with E-state index in [1.54, 1.807) is 12.1 Å². The zero-order chi connectivity index (χ0) is 9.42. The van der Waals surface area contributed by atoms with E-state index in [1.165, 1.54) is 12.1 Å². The van der Waals surface area contributed by atoms with Crippen LogP contribution in [0.25, 0.3) is 10.9 Å². The first-order valence-corrected chi connectivity index (χ1v) is 4.34. The molecule has 1 aromatic heterocycles. The smallest absolute Gasteiger partial charge is 0.129 e. The van der Waals surface area contributed by atoms with Gasteiger partial charge in [0.15, 0.2) is 0 Å².